The van der Waals surface area contributed by atoms with Gasteiger partial charge in [0.1, 0.15) is 17.5 Å². The highest BCUT2D eigenvalue weighted by Crippen LogP contribution is 2.35. The zero-order chi connectivity index (χ0) is 28.9. The van der Waals surface area contributed by atoms with Crippen molar-refractivity contribution in [3.63, 3.8) is 0 Å². The molecule has 206 valence electrons. The number of aromatic nitrogens is 1. The van der Waals surface area contributed by atoms with Crippen molar-refractivity contribution in [3.05, 3.63) is 69.7 Å². The molecule has 0 aliphatic carbocycles. The Kier molecular flexibility index (Phi) is 9.25. The lowest BCUT2D eigenvalue weighted by Gasteiger charge is -2.32. The topological polar surface area (TPSA) is 161 Å². The van der Waals surface area contributed by atoms with Crippen molar-refractivity contribution in [3.8, 4) is 0 Å². The maximum Gasteiger partial charge on any atom is 0.325 e. The third-order valence-corrected chi connectivity index (χ3v) is 6.79. The Hall–Kier alpha value is -4.45. The first-order valence-electron chi connectivity index (χ1n) is 12.1. The molecule has 0 spiro atoms. The summed E-state index contributed by atoms with van der Waals surface area (Å²) in [4.78, 5) is 55.0. The second-order valence-electron chi connectivity index (χ2n) is 9.01. The zero-order valence-corrected chi connectivity index (χ0v) is 23.3. The molecule has 1 aromatic heterocycles. The van der Waals surface area contributed by atoms with Crippen LogP contribution in [0.5, 0.6) is 0 Å². The molecule has 3 aromatic rings. The second kappa shape index (κ2) is 12.4. The van der Waals surface area contributed by atoms with Gasteiger partial charge >= 0.3 is 5.97 Å². The lowest BCUT2D eigenvalue weighted by Crippen LogP contribution is -2.45. The average Bonchev–Trinajstić information content (AvgIpc) is 3.29. The number of rotatable bonds is 10. The lowest BCUT2D eigenvalue weighted by atomic mass is 10.00. The van der Waals surface area contributed by atoms with Crippen molar-refractivity contribution in [2.24, 2.45) is 5.73 Å². The number of nitrogen functional groups attached to an aromatic ring is 1. The van der Waals surface area contributed by atoms with E-state index in [4.69, 9.17) is 16.2 Å². The van der Waals surface area contributed by atoms with E-state index < -0.39 is 29.7 Å². The molecule has 5 N–H and O–H groups in total. The van der Waals surface area contributed by atoms with Crippen LogP contribution in [0.4, 0.5) is 17.1 Å². The molecule has 0 bridgehead atoms. The van der Waals surface area contributed by atoms with Crippen molar-refractivity contribution >= 4 is 52.3 Å². The quantitative estimate of drug-likeness (QED) is 0.323. The molecule has 2 aromatic carbocycles. The maximum atomic E-state index is 14.2. The molecular formula is C27H32N6O5S. The number of aryl methyl sites for hydroxylation is 2. The molecule has 39 heavy (non-hydrogen) atoms. The number of anilines is 3. The number of hydrogen-bond acceptors (Lipinski definition) is 9. The van der Waals surface area contributed by atoms with E-state index in [1.165, 1.54) is 4.90 Å². The molecular weight excluding hydrogens is 520 g/mol. The summed E-state index contributed by atoms with van der Waals surface area (Å²) in [5.41, 5.74) is 14.5. The predicted molar refractivity (Wildman–Crippen MR) is 151 cm³/mol. The molecule has 12 heteroatoms. The van der Waals surface area contributed by atoms with Gasteiger partial charge in [-0.1, -0.05) is 24.3 Å². The molecule has 0 saturated carbocycles. The Bertz CT molecular complexity index is 1390. The monoisotopic (exact) mass is 552 g/mol. The van der Waals surface area contributed by atoms with E-state index in [0.29, 0.717) is 16.8 Å². The summed E-state index contributed by atoms with van der Waals surface area (Å²) < 4.78 is 8.92. The largest absolute Gasteiger partial charge is 0.465 e. The van der Waals surface area contributed by atoms with Crippen molar-refractivity contribution in [2.75, 3.05) is 42.8 Å². The number of amides is 3. The molecule has 0 aliphatic rings. The summed E-state index contributed by atoms with van der Waals surface area (Å²) in [6.07, 6.45) is 0. The SMILES string of the molecule is CCOC(=O)CNC(=O)C(c1ccc(N(C)C)cc1)N(C(=O)c1snc(C(N)=O)c1N)c1cc(C)ccc1C. The van der Waals surface area contributed by atoms with Crippen molar-refractivity contribution < 1.29 is 23.9 Å². The van der Waals surface area contributed by atoms with Crippen molar-refractivity contribution in [1.29, 1.82) is 0 Å². The third-order valence-electron chi connectivity index (χ3n) is 5.94. The van der Waals surface area contributed by atoms with Gasteiger partial charge in [0.2, 0.25) is 5.91 Å². The van der Waals surface area contributed by atoms with Crippen LogP contribution in [0, 0.1) is 13.8 Å². The summed E-state index contributed by atoms with van der Waals surface area (Å²) in [5.74, 6) is -2.76. The molecule has 0 saturated heterocycles. The smallest absolute Gasteiger partial charge is 0.325 e. The number of nitrogens with zero attached hydrogens (tertiary/aromatic N) is 3. The molecule has 11 nitrogen and oxygen atoms in total. The number of nitrogens with two attached hydrogens (primary N) is 2. The fraction of sp³-hybridized carbons (Fsp3) is 0.296. The highest BCUT2D eigenvalue weighted by Gasteiger charge is 2.37. The molecule has 1 unspecified atom stereocenters. The van der Waals surface area contributed by atoms with Gasteiger partial charge < -0.3 is 26.4 Å². The molecule has 0 radical (unpaired) electrons. The fourth-order valence-corrected chi connectivity index (χ4v) is 4.67. The van der Waals surface area contributed by atoms with E-state index in [1.54, 1.807) is 25.1 Å². The van der Waals surface area contributed by atoms with Crippen LogP contribution in [-0.4, -0.2) is 55.3 Å². The van der Waals surface area contributed by atoms with E-state index in [1.807, 2.05) is 57.1 Å². The first-order valence-corrected chi connectivity index (χ1v) is 12.9. The number of carbonyl (C=O) groups excluding carboxylic acids is 4. The highest BCUT2D eigenvalue weighted by molar-refractivity contribution is 7.09. The van der Waals surface area contributed by atoms with E-state index in [9.17, 15) is 19.2 Å². The van der Waals surface area contributed by atoms with Crippen LogP contribution in [0.15, 0.2) is 42.5 Å². The standard InChI is InChI=1S/C27H32N6O5S/c1-6-38-20(34)14-30-26(36)23(17-9-11-18(12-10-17)32(4)5)33(19-13-15(2)7-8-16(19)3)27(37)24-21(28)22(25(29)35)31-39-24/h7-13,23H,6,14,28H2,1-5H3,(H2,29,35)(H,30,36). The number of benzene rings is 2. The van der Waals surface area contributed by atoms with Crippen LogP contribution in [0.1, 0.15) is 49.8 Å². The first-order chi connectivity index (χ1) is 18.5. The third kappa shape index (κ3) is 6.52. The first kappa shape index (κ1) is 29.1. The van der Waals surface area contributed by atoms with Gasteiger partial charge in [0.25, 0.3) is 11.8 Å². The van der Waals surface area contributed by atoms with E-state index in [-0.39, 0.29) is 29.4 Å². The average molecular weight is 553 g/mol. The molecule has 1 atom stereocenters. The normalized spacial score (nSPS) is 11.4. The summed E-state index contributed by atoms with van der Waals surface area (Å²) in [6.45, 7) is 5.10. The molecule has 0 fully saturated rings. The lowest BCUT2D eigenvalue weighted by molar-refractivity contribution is -0.143. The summed E-state index contributed by atoms with van der Waals surface area (Å²) in [6, 6.07) is 11.4. The van der Waals surface area contributed by atoms with Gasteiger partial charge in [-0.25, -0.2) is 0 Å². The molecule has 0 aliphatic heterocycles. The van der Waals surface area contributed by atoms with E-state index in [0.717, 1.165) is 22.8 Å². The maximum absolute atomic E-state index is 14.2. The Morgan fingerprint density at radius 2 is 1.74 bits per heavy atom. The minimum Gasteiger partial charge on any atom is -0.465 e. The number of ether oxygens (including phenoxy) is 1. The molecule has 3 rings (SSSR count). The second-order valence-corrected chi connectivity index (χ2v) is 9.79. The van der Waals surface area contributed by atoms with Crippen molar-refractivity contribution in [2.45, 2.75) is 26.8 Å². The van der Waals surface area contributed by atoms with Gasteiger partial charge in [0.05, 0.1) is 12.3 Å². The van der Waals surface area contributed by atoms with E-state index in [2.05, 4.69) is 9.69 Å². The summed E-state index contributed by atoms with van der Waals surface area (Å²) in [7, 11) is 3.76. The highest BCUT2D eigenvalue weighted by atomic mass is 32.1. The van der Waals surface area contributed by atoms with E-state index >= 15 is 0 Å². The van der Waals surface area contributed by atoms with Crippen molar-refractivity contribution in [1.82, 2.24) is 9.69 Å². The molecule has 1 heterocycles. The number of primary amides is 1. The van der Waals surface area contributed by atoms with Crippen LogP contribution in [0.25, 0.3) is 0 Å². The van der Waals surface area contributed by atoms with Gasteiger partial charge in [-0.15, -0.1) is 0 Å². The minimum atomic E-state index is -1.22. The van der Waals surface area contributed by atoms with Crippen LogP contribution in [0.2, 0.25) is 0 Å². The number of nitrogens with one attached hydrogen (secondary N) is 1. The van der Waals surface area contributed by atoms with Gasteiger partial charge in [-0.05, 0) is 67.2 Å². The number of esters is 1. The van der Waals surface area contributed by atoms with Crippen LogP contribution in [-0.2, 0) is 14.3 Å². The fourth-order valence-electron chi connectivity index (χ4n) is 3.92. The van der Waals surface area contributed by atoms with Gasteiger partial charge in [0, 0.05) is 25.5 Å². The van der Waals surface area contributed by atoms with Crippen LogP contribution >= 0.6 is 11.5 Å². The van der Waals surface area contributed by atoms with Crippen LogP contribution < -0.4 is 26.6 Å². The van der Waals surface area contributed by atoms with Gasteiger partial charge in [0.15, 0.2) is 5.69 Å². The Labute approximate surface area is 230 Å². The zero-order valence-electron chi connectivity index (χ0n) is 22.5. The number of hydrogen-bond donors (Lipinski definition) is 3. The van der Waals surface area contributed by atoms with Gasteiger partial charge in [-0.2, -0.15) is 4.37 Å². The van der Waals surface area contributed by atoms with Crippen LogP contribution in [0.3, 0.4) is 0 Å². The Morgan fingerprint density at radius 3 is 2.31 bits per heavy atom. The minimum absolute atomic E-state index is 0.0437. The summed E-state index contributed by atoms with van der Waals surface area (Å²) in [5, 5.41) is 2.60. The van der Waals surface area contributed by atoms with Gasteiger partial charge in [-0.3, -0.25) is 24.1 Å². The predicted octanol–water partition coefficient (Wildman–Crippen LogP) is 2.57. The Morgan fingerprint density at radius 1 is 1.08 bits per heavy atom. The summed E-state index contributed by atoms with van der Waals surface area (Å²) >= 11 is 0.722. The molecule has 3 amide bonds. The number of carbonyl (C=O) groups is 4. The Balaban J connectivity index is 2.22.